The van der Waals surface area contributed by atoms with E-state index in [9.17, 15) is 4.91 Å². The van der Waals surface area contributed by atoms with E-state index in [1.54, 1.807) is 5.01 Å². The van der Waals surface area contributed by atoms with Crippen molar-refractivity contribution >= 4 is 0 Å². The van der Waals surface area contributed by atoms with Gasteiger partial charge in [-0.25, -0.2) is 0 Å². The first-order chi connectivity index (χ1) is 5.20. The molecule has 0 N–H and O–H groups in total. The van der Waals surface area contributed by atoms with Gasteiger partial charge in [-0.15, -0.1) is 4.91 Å². The van der Waals surface area contributed by atoms with Crippen LogP contribution in [0.5, 0.6) is 0 Å². The number of rotatable bonds is 3. The maximum atomic E-state index is 10.4. The third-order valence-corrected chi connectivity index (χ3v) is 2.98. The van der Waals surface area contributed by atoms with E-state index < -0.39 is 0 Å². The molecule has 0 aliphatic carbocycles. The number of nitrogens with zero attached hydrogens (tertiary/aromatic N) is 2. The van der Waals surface area contributed by atoms with Crippen LogP contribution in [-0.2, 0) is 0 Å². The molecule has 1 aliphatic heterocycles. The Hall–Kier alpha value is -0.600. The molecule has 11 heavy (non-hydrogen) atoms. The minimum Gasteiger partial charge on any atom is -0.252 e. The van der Waals surface area contributed by atoms with Gasteiger partial charge in [0.15, 0.2) is 0 Å². The molecule has 1 fully saturated rings. The summed E-state index contributed by atoms with van der Waals surface area (Å²) < 4.78 is 0. The van der Waals surface area contributed by atoms with Crippen LogP contribution in [-0.4, -0.2) is 16.6 Å². The molecular weight excluding hydrogens is 140 g/mol. The Kier molecular flexibility index (Phi) is 2.16. The highest BCUT2D eigenvalue weighted by molar-refractivity contribution is 5.00. The third-order valence-electron chi connectivity index (χ3n) is 2.98. The summed E-state index contributed by atoms with van der Waals surface area (Å²) >= 11 is 0. The zero-order chi connectivity index (χ0) is 8.48. The normalized spacial score (nSPS) is 27.9. The van der Waals surface area contributed by atoms with Crippen molar-refractivity contribution in [2.24, 2.45) is 5.29 Å². The summed E-state index contributed by atoms with van der Waals surface area (Å²) in [6.45, 7) is 6.28. The Morgan fingerprint density at radius 2 is 2.09 bits per heavy atom. The van der Waals surface area contributed by atoms with Crippen molar-refractivity contribution in [1.82, 2.24) is 5.01 Å². The van der Waals surface area contributed by atoms with Gasteiger partial charge in [-0.05, 0) is 26.2 Å². The van der Waals surface area contributed by atoms with Gasteiger partial charge < -0.3 is 0 Å². The highest BCUT2D eigenvalue weighted by Crippen LogP contribution is 2.41. The largest absolute Gasteiger partial charge is 0.252 e. The van der Waals surface area contributed by atoms with E-state index in [1.165, 1.54) is 0 Å². The van der Waals surface area contributed by atoms with Gasteiger partial charge in [0.05, 0.1) is 16.9 Å². The summed E-state index contributed by atoms with van der Waals surface area (Å²) in [6, 6.07) is 0.354. The zero-order valence-corrected chi connectivity index (χ0v) is 7.50. The number of nitroso groups, excluding NO2 is 1. The second-order valence-electron chi connectivity index (χ2n) is 3.41. The molecule has 0 aromatic rings. The first-order valence-electron chi connectivity index (χ1n) is 4.32. The van der Waals surface area contributed by atoms with Gasteiger partial charge in [0, 0.05) is 0 Å². The average Bonchev–Trinajstić information content (AvgIpc) is 2.00. The quantitative estimate of drug-likeness (QED) is 0.587. The van der Waals surface area contributed by atoms with Crippen molar-refractivity contribution in [2.45, 2.75) is 51.6 Å². The monoisotopic (exact) mass is 156 g/mol. The Balaban J connectivity index is 2.65. The predicted octanol–water partition coefficient (Wildman–Crippen LogP) is 2.32. The smallest absolute Gasteiger partial charge is 0.0629 e. The van der Waals surface area contributed by atoms with Crippen LogP contribution in [0.4, 0.5) is 0 Å². The highest BCUT2D eigenvalue weighted by atomic mass is 16.3. The lowest BCUT2D eigenvalue weighted by atomic mass is 9.77. The lowest BCUT2D eigenvalue weighted by molar-refractivity contribution is -0.0716. The van der Waals surface area contributed by atoms with Crippen LogP contribution in [0.1, 0.15) is 40.0 Å². The van der Waals surface area contributed by atoms with Crippen LogP contribution < -0.4 is 0 Å². The summed E-state index contributed by atoms with van der Waals surface area (Å²) in [6.07, 6.45) is 3.17. The summed E-state index contributed by atoms with van der Waals surface area (Å²) in [5.74, 6) is 0. The lowest BCUT2D eigenvalue weighted by Gasteiger charge is -2.53. The van der Waals surface area contributed by atoms with Gasteiger partial charge in [0.1, 0.15) is 0 Å². The number of hydrogen-bond donors (Lipinski definition) is 0. The molecule has 0 bridgehead atoms. The molecular formula is C8H16N2O. The van der Waals surface area contributed by atoms with E-state index in [1.807, 2.05) is 6.92 Å². The topological polar surface area (TPSA) is 32.7 Å². The molecule has 1 rings (SSSR count). The maximum absolute atomic E-state index is 10.4. The van der Waals surface area contributed by atoms with Gasteiger partial charge in [-0.3, -0.25) is 5.01 Å². The molecule has 0 spiro atoms. The van der Waals surface area contributed by atoms with E-state index >= 15 is 0 Å². The molecule has 1 heterocycles. The second-order valence-corrected chi connectivity index (χ2v) is 3.41. The summed E-state index contributed by atoms with van der Waals surface area (Å²) in [4.78, 5) is 10.4. The van der Waals surface area contributed by atoms with Crippen molar-refractivity contribution in [3.63, 3.8) is 0 Å². The molecule has 0 radical (unpaired) electrons. The molecule has 3 heteroatoms. The van der Waals surface area contributed by atoms with Crippen molar-refractivity contribution in [2.75, 3.05) is 0 Å². The van der Waals surface area contributed by atoms with E-state index in [0.29, 0.717) is 6.04 Å². The highest BCUT2D eigenvalue weighted by Gasteiger charge is 2.47. The van der Waals surface area contributed by atoms with Crippen LogP contribution in [0.2, 0.25) is 0 Å². The molecule has 0 aromatic carbocycles. The zero-order valence-electron chi connectivity index (χ0n) is 7.50. The van der Waals surface area contributed by atoms with Crippen molar-refractivity contribution in [3.05, 3.63) is 4.91 Å². The molecule has 3 nitrogen and oxygen atoms in total. The Morgan fingerprint density at radius 1 is 1.55 bits per heavy atom. The fourth-order valence-corrected chi connectivity index (χ4v) is 2.11. The maximum Gasteiger partial charge on any atom is 0.0629 e. The van der Waals surface area contributed by atoms with Crippen LogP contribution in [0.25, 0.3) is 0 Å². The van der Waals surface area contributed by atoms with Crippen LogP contribution in [0, 0.1) is 4.91 Å². The number of hydrogen-bond acceptors (Lipinski definition) is 2. The first-order valence-corrected chi connectivity index (χ1v) is 4.32. The molecule has 1 saturated heterocycles. The SMILES string of the molecule is CCC1(CC)C[C@H](C)N1N=O. The summed E-state index contributed by atoms with van der Waals surface area (Å²) in [7, 11) is 0. The van der Waals surface area contributed by atoms with E-state index in [4.69, 9.17) is 0 Å². The summed E-state index contributed by atoms with van der Waals surface area (Å²) in [5, 5.41) is 4.77. The first kappa shape index (κ1) is 8.50. The van der Waals surface area contributed by atoms with Gasteiger partial charge in [-0.2, -0.15) is 0 Å². The average molecular weight is 156 g/mol. The van der Waals surface area contributed by atoms with Crippen LogP contribution in [0.15, 0.2) is 5.29 Å². The van der Waals surface area contributed by atoms with E-state index in [0.717, 1.165) is 19.3 Å². The van der Waals surface area contributed by atoms with Crippen LogP contribution in [0.3, 0.4) is 0 Å². The second kappa shape index (κ2) is 2.80. The fraction of sp³-hybridized carbons (Fsp3) is 1.00. The standard InChI is InChI=1S/C8H16N2O/c1-4-8(5-2)6-7(3)10(8)9-11/h7H,4-6H2,1-3H3/t7-/m0/s1. The third kappa shape index (κ3) is 1.03. The fourth-order valence-electron chi connectivity index (χ4n) is 2.11. The van der Waals surface area contributed by atoms with Crippen molar-refractivity contribution in [1.29, 1.82) is 0 Å². The minimum atomic E-state index is 0.0984. The Labute approximate surface area is 67.7 Å². The van der Waals surface area contributed by atoms with E-state index in [2.05, 4.69) is 19.1 Å². The molecule has 1 aliphatic rings. The van der Waals surface area contributed by atoms with Gasteiger partial charge in [0.25, 0.3) is 0 Å². The molecule has 0 aromatic heterocycles. The van der Waals surface area contributed by atoms with Crippen molar-refractivity contribution in [3.8, 4) is 0 Å². The van der Waals surface area contributed by atoms with Gasteiger partial charge in [0.2, 0.25) is 0 Å². The van der Waals surface area contributed by atoms with Crippen molar-refractivity contribution < 1.29 is 0 Å². The van der Waals surface area contributed by atoms with E-state index in [-0.39, 0.29) is 5.54 Å². The van der Waals surface area contributed by atoms with Gasteiger partial charge >= 0.3 is 0 Å². The van der Waals surface area contributed by atoms with Gasteiger partial charge in [-0.1, -0.05) is 13.8 Å². The lowest BCUT2D eigenvalue weighted by Crippen LogP contribution is -2.61. The molecule has 0 saturated carbocycles. The minimum absolute atomic E-state index is 0.0984. The summed E-state index contributed by atoms with van der Waals surface area (Å²) in [5.41, 5.74) is 0.0984. The molecule has 1 atom stereocenters. The van der Waals surface area contributed by atoms with Crippen LogP contribution >= 0.6 is 0 Å². The molecule has 0 unspecified atom stereocenters. The Bertz CT molecular complexity index is 154. The predicted molar refractivity (Wildman–Crippen MR) is 45.0 cm³/mol. The Morgan fingerprint density at radius 3 is 2.27 bits per heavy atom. The molecule has 64 valence electrons. The molecule has 0 amide bonds.